The second-order valence-electron chi connectivity index (χ2n) is 4.63. The molecule has 1 rings (SSSR count). The van der Waals surface area contributed by atoms with Crippen LogP contribution in [0, 0.1) is 5.41 Å². The van der Waals surface area contributed by atoms with E-state index < -0.39 is 5.41 Å². The smallest absolute Gasteiger partial charge is 0.230 e. The molecule has 1 heterocycles. The van der Waals surface area contributed by atoms with Gasteiger partial charge in [-0.1, -0.05) is 20.8 Å². The Morgan fingerprint density at radius 2 is 2.12 bits per heavy atom. The summed E-state index contributed by atoms with van der Waals surface area (Å²) in [5.41, 5.74) is -0.433. The van der Waals surface area contributed by atoms with Crippen LogP contribution in [0.5, 0.6) is 5.75 Å². The second kappa shape index (κ2) is 5.40. The van der Waals surface area contributed by atoms with Gasteiger partial charge in [0.05, 0.1) is 18.2 Å². The van der Waals surface area contributed by atoms with Crippen LogP contribution in [0.25, 0.3) is 0 Å². The van der Waals surface area contributed by atoms with Crippen LogP contribution in [0.1, 0.15) is 20.8 Å². The third kappa shape index (κ3) is 3.63. The summed E-state index contributed by atoms with van der Waals surface area (Å²) in [7, 11) is 1.59. The number of methoxy groups -OCH3 is 1. The Hall–Kier alpha value is -1.23. The van der Waals surface area contributed by atoms with Crippen LogP contribution in [-0.4, -0.2) is 24.3 Å². The van der Waals surface area contributed by atoms with Crippen LogP contribution in [0.4, 0.5) is 5.82 Å². The first-order valence-corrected chi connectivity index (χ1v) is 6.50. The second-order valence-corrected chi connectivity index (χ2v) is 5.48. The largest absolute Gasteiger partial charge is 0.495 e. The van der Waals surface area contributed by atoms with Crippen molar-refractivity contribution in [3.8, 4) is 5.75 Å². The van der Waals surface area contributed by atoms with Crippen molar-refractivity contribution in [3.63, 3.8) is 0 Å². The summed E-state index contributed by atoms with van der Waals surface area (Å²) in [5, 5.41) is 2.83. The molecule has 0 saturated carbocycles. The molecule has 0 radical (unpaired) electrons. The van der Waals surface area contributed by atoms with E-state index in [9.17, 15) is 4.79 Å². The highest BCUT2D eigenvalue weighted by Gasteiger charge is 2.22. The summed E-state index contributed by atoms with van der Waals surface area (Å²) in [6.07, 6.45) is 3.53. The maximum absolute atomic E-state index is 11.9. The first-order chi connectivity index (χ1) is 7.88. The van der Waals surface area contributed by atoms with E-state index in [-0.39, 0.29) is 5.91 Å². The van der Waals surface area contributed by atoms with E-state index in [1.807, 2.05) is 33.1 Å². The van der Waals surface area contributed by atoms with Gasteiger partial charge in [-0.05, 0) is 12.3 Å². The number of rotatable bonds is 3. The molecular formula is C12H18N2O2S. The molecule has 0 fully saturated rings. The van der Waals surface area contributed by atoms with Gasteiger partial charge < -0.3 is 10.1 Å². The Balaban J connectivity index is 2.95. The molecule has 17 heavy (non-hydrogen) atoms. The highest BCUT2D eigenvalue weighted by molar-refractivity contribution is 7.98. The molecule has 0 aliphatic carbocycles. The Morgan fingerprint density at radius 3 is 2.59 bits per heavy atom. The zero-order valence-electron chi connectivity index (χ0n) is 10.8. The van der Waals surface area contributed by atoms with Crippen LogP contribution in [-0.2, 0) is 4.79 Å². The van der Waals surface area contributed by atoms with Crippen LogP contribution in [0.3, 0.4) is 0 Å². The Labute approximate surface area is 106 Å². The minimum atomic E-state index is -0.433. The number of nitrogens with one attached hydrogen (secondary N) is 1. The van der Waals surface area contributed by atoms with E-state index in [2.05, 4.69) is 10.3 Å². The molecule has 1 aromatic heterocycles. The average molecular weight is 254 g/mol. The van der Waals surface area contributed by atoms with Crippen molar-refractivity contribution in [2.75, 3.05) is 18.7 Å². The zero-order valence-corrected chi connectivity index (χ0v) is 11.6. The molecule has 5 heteroatoms. The summed E-state index contributed by atoms with van der Waals surface area (Å²) in [4.78, 5) is 17.0. The standard InChI is InChI=1S/C12H18N2O2S/c1-12(2,3)11(15)14-10-9(17-5)6-8(16-4)7-13-10/h6-7H,1-5H3,(H,13,14,15). The lowest BCUT2D eigenvalue weighted by Crippen LogP contribution is -2.28. The van der Waals surface area contributed by atoms with Crippen LogP contribution < -0.4 is 10.1 Å². The molecule has 0 unspecified atom stereocenters. The Kier molecular flexibility index (Phi) is 4.40. The first-order valence-electron chi connectivity index (χ1n) is 5.28. The normalized spacial score (nSPS) is 11.1. The van der Waals surface area contributed by atoms with Gasteiger partial charge in [-0.15, -0.1) is 11.8 Å². The van der Waals surface area contributed by atoms with E-state index in [1.54, 1.807) is 13.3 Å². The van der Waals surface area contributed by atoms with Gasteiger partial charge in [-0.2, -0.15) is 0 Å². The summed E-state index contributed by atoms with van der Waals surface area (Å²) < 4.78 is 5.10. The molecular weight excluding hydrogens is 236 g/mol. The molecule has 0 bridgehead atoms. The molecule has 0 aliphatic rings. The van der Waals surface area contributed by atoms with Gasteiger partial charge >= 0.3 is 0 Å². The number of hydrogen-bond acceptors (Lipinski definition) is 4. The van der Waals surface area contributed by atoms with Gasteiger partial charge in [-0.3, -0.25) is 4.79 Å². The monoisotopic (exact) mass is 254 g/mol. The lowest BCUT2D eigenvalue weighted by Gasteiger charge is -2.18. The van der Waals surface area contributed by atoms with Crippen molar-refractivity contribution in [1.29, 1.82) is 0 Å². The predicted octanol–water partition coefficient (Wildman–Crippen LogP) is 2.80. The molecule has 1 amide bonds. The molecule has 0 saturated heterocycles. The van der Waals surface area contributed by atoms with E-state index in [0.717, 1.165) is 4.90 Å². The van der Waals surface area contributed by atoms with Gasteiger partial charge in [0, 0.05) is 5.41 Å². The number of pyridine rings is 1. The summed E-state index contributed by atoms with van der Waals surface area (Å²) in [6.45, 7) is 5.60. The van der Waals surface area contributed by atoms with E-state index in [4.69, 9.17) is 4.74 Å². The quantitative estimate of drug-likeness (QED) is 0.843. The third-order valence-corrected chi connectivity index (χ3v) is 2.95. The number of ether oxygens (including phenoxy) is 1. The fourth-order valence-electron chi connectivity index (χ4n) is 1.08. The summed E-state index contributed by atoms with van der Waals surface area (Å²) in [5.74, 6) is 1.21. The van der Waals surface area contributed by atoms with Crippen molar-refractivity contribution >= 4 is 23.5 Å². The van der Waals surface area contributed by atoms with Crippen LogP contribution >= 0.6 is 11.8 Å². The Bertz CT molecular complexity index is 413. The maximum atomic E-state index is 11.9. The van der Waals surface area contributed by atoms with Crippen molar-refractivity contribution in [3.05, 3.63) is 12.3 Å². The molecule has 94 valence electrons. The highest BCUT2D eigenvalue weighted by atomic mass is 32.2. The third-order valence-electron chi connectivity index (χ3n) is 2.20. The molecule has 4 nitrogen and oxygen atoms in total. The number of carbonyl (C=O) groups excluding carboxylic acids is 1. The minimum absolute atomic E-state index is 0.0505. The van der Waals surface area contributed by atoms with Crippen molar-refractivity contribution < 1.29 is 9.53 Å². The lowest BCUT2D eigenvalue weighted by atomic mass is 9.96. The number of thioether (sulfide) groups is 1. The summed E-state index contributed by atoms with van der Waals surface area (Å²) in [6, 6.07) is 1.86. The van der Waals surface area contributed by atoms with Gasteiger partial charge in [-0.25, -0.2) is 4.98 Å². The Morgan fingerprint density at radius 1 is 1.47 bits per heavy atom. The van der Waals surface area contributed by atoms with Crippen molar-refractivity contribution in [2.24, 2.45) is 5.41 Å². The lowest BCUT2D eigenvalue weighted by molar-refractivity contribution is -0.123. The SMILES string of the molecule is COc1cnc(NC(=O)C(C)(C)C)c(SC)c1. The fourth-order valence-corrected chi connectivity index (χ4v) is 1.61. The molecule has 0 atom stereocenters. The number of amides is 1. The van der Waals surface area contributed by atoms with Crippen LogP contribution in [0.15, 0.2) is 17.2 Å². The van der Waals surface area contributed by atoms with Gasteiger partial charge in [0.15, 0.2) is 0 Å². The summed E-state index contributed by atoms with van der Waals surface area (Å²) >= 11 is 1.52. The number of aromatic nitrogens is 1. The number of carbonyl (C=O) groups is 1. The van der Waals surface area contributed by atoms with Gasteiger partial charge in [0.2, 0.25) is 5.91 Å². The topological polar surface area (TPSA) is 51.2 Å². The minimum Gasteiger partial charge on any atom is -0.495 e. The highest BCUT2D eigenvalue weighted by Crippen LogP contribution is 2.28. The maximum Gasteiger partial charge on any atom is 0.230 e. The average Bonchev–Trinajstić information content (AvgIpc) is 2.28. The fraction of sp³-hybridized carbons (Fsp3) is 0.500. The molecule has 0 spiro atoms. The molecule has 0 aliphatic heterocycles. The van der Waals surface area contributed by atoms with Crippen molar-refractivity contribution in [1.82, 2.24) is 4.98 Å². The van der Waals surface area contributed by atoms with Gasteiger partial charge in [0.25, 0.3) is 0 Å². The molecule has 0 aromatic carbocycles. The van der Waals surface area contributed by atoms with Crippen LogP contribution in [0.2, 0.25) is 0 Å². The molecule has 1 N–H and O–H groups in total. The number of nitrogens with zero attached hydrogens (tertiary/aromatic N) is 1. The van der Waals surface area contributed by atoms with E-state index >= 15 is 0 Å². The van der Waals surface area contributed by atoms with Crippen molar-refractivity contribution in [2.45, 2.75) is 25.7 Å². The van der Waals surface area contributed by atoms with Gasteiger partial charge in [0.1, 0.15) is 11.6 Å². The number of hydrogen-bond donors (Lipinski definition) is 1. The first kappa shape index (κ1) is 13.8. The predicted molar refractivity (Wildman–Crippen MR) is 70.7 cm³/mol. The molecule has 1 aromatic rings. The van der Waals surface area contributed by atoms with E-state index in [1.165, 1.54) is 11.8 Å². The zero-order chi connectivity index (χ0) is 13.1. The van der Waals surface area contributed by atoms with E-state index in [0.29, 0.717) is 11.6 Å². The number of anilines is 1.